The predicted octanol–water partition coefficient (Wildman–Crippen LogP) is 5.44. The van der Waals surface area contributed by atoms with Crippen LogP contribution in [-0.2, 0) is 6.54 Å². The van der Waals surface area contributed by atoms with Crippen LogP contribution < -0.4 is 10.3 Å². The molecule has 0 aliphatic rings. The van der Waals surface area contributed by atoms with E-state index in [0.29, 0.717) is 18.5 Å². The number of benzene rings is 2. The smallest absolute Gasteiger partial charge is 0.262 e. The van der Waals surface area contributed by atoms with E-state index in [2.05, 4.69) is 43.1 Å². The molecular formula is C24H24N2O2S. The summed E-state index contributed by atoms with van der Waals surface area (Å²) in [6.07, 6.45) is 1.62. The molecule has 29 heavy (non-hydrogen) atoms. The van der Waals surface area contributed by atoms with Gasteiger partial charge < -0.3 is 4.74 Å². The molecule has 0 saturated carbocycles. The lowest BCUT2D eigenvalue weighted by Gasteiger charge is -2.10. The van der Waals surface area contributed by atoms with Crippen molar-refractivity contribution in [3.8, 4) is 16.9 Å². The SMILES string of the molecule is Cc1cc(C)cc(OCCn2cnc3scc(-c4ccc(C)c(C)c4)c3c2=O)c1. The first-order valence-electron chi connectivity index (χ1n) is 9.68. The van der Waals surface area contributed by atoms with E-state index in [1.54, 1.807) is 10.9 Å². The van der Waals surface area contributed by atoms with Crippen LogP contribution in [0.2, 0.25) is 0 Å². The molecule has 4 nitrogen and oxygen atoms in total. The monoisotopic (exact) mass is 404 g/mol. The third kappa shape index (κ3) is 3.96. The third-order valence-electron chi connectivity index (χ3n) is 5.17. The molecule has 0 saturated heterocycles. The highest BCUT2D eigenvalue weighted by Crippen LogP contribution is 2.31. The van der Waals surface area contributed by atoms with Gasteiger partial charge in [0.15, 0.2) is 0 Å². The van der Waals surface area contributed by atoms with Crippen molar-refractivity contribution in [1.82, 2.24) is 9.55 Å². The maximum Gasteiger partial charge on any atom is 0.262 e. The zero-order valence-corrected chi connectivity index (χ0v) is 18.0. The van der Waals surface area contributed by atoms with Crippen molar-refractivity contribution in [3.05, 3.63) is 80.7 Å². The summed E-state index contributed by atoms with van der Waals surface area (Å²) >= 11 is 1.51. The van der Waals surface area contributed by atoms with Crippen molar-refractivity contribution in [1.29, 1.82) is 0 Å². The molecule has 0 bridgehead atoms. The largest absolute Gasteiger partial charge is 0.492 e. The molecule has 0 aliphatic heterocycles. The van der Waals surface area contributed by atoms with E-state index in [4.69, 9.17) is 4.74 Å². The quantitative estimate of drug-likeness (QED) is 0.445. The van der Waals surface area contributed by atoms with Gasteiger partial charge in [0.2, 0.25) is 0 Å². The minimum atomic E-state index is -0.0199. The Morgan fingerprint density at radius 2 is 1.76 bits per heavy atom. The lowest BCUT2D eigenvalue weighted by Crippen LogP contribution is -2.23. The average Bonchev–Trinajstić information content (AvgIpc) is 3.10. The van der Waals surface area contributed by atoms with Crippen LogP contribution in [0, 0.1) is 27.7 Å². The summed E-state index contributed by atoms with van der Waals surface area (Å²) in [7, 11) is 0. The van der Waals surface area contributed by atoms with E-state index in [-0.39, 0.29) is 5.56 Å². The van der Waals surface area contributed by atoms with Gasteiger partial charge in [-0.25, -0.2) is 4.98 Å². The summed E-state index contributed by atoms with van der Waals surface area (Å²) in [6, 6.07) is 12.4. The van der Waals surface area contributed by atoms with Crippen LogP contribution in [0.4, 0.5) is 0 Å². The average molecular weight is 405 g/mol. The molecule has 0 N–H and O–H groups in total. The number of fused-ring (bicyclic) bond motifs is 1. The lowest BCUT2D eigenvalue weighted by molar-refractivity contribution is 0.295. The third-order valence-corrected chi connectivity index (χ3v) is 6.06. The molecule has 4 rings (SSSR count). The zero-order valence-electron chi connectivity index (χ0n) is 17.2. The second-order valence-corrected chi connectivity index (χ2v) is 8.40. The Bertz CT molecular complexity index is 1230. The van der Waals surface area contributed by atoms with Gasteiger partial charge in [0.1, 0.15) is 17.2 Å². The van der Waals surface area contributed by atoms with Gasteiger partial charge in [-0.3, -0.25) is 9.36 Å². The highest BCUT2D eigenvalue weighted by atomic mass is 32.1. The normalized spacial score (nSPS) is 11.2. The number of aryl methyl sites for hydroxylation is 4. The van der Waals surface area contributed by atoms with Crippen LogP contribution in [0.5, 0.6) is 5.75 Å². The molecule has 2 aromatic heterocycles. The van der Waals surface area contributed by atoms with Gasteiger partial charge in [0.25, 0.3) is 5.56 Å². The fourth-order valence-corrected chi connectivity index (χ4v) is 4.43. The van der Waals surface area contributed by atoms with Gasteiger partial charge in [-0.2, -0.15) is 0 Å². The number of thiophene rings is 1. The molecule has 4 aromatic rings. The van der Waals surface area contributed by atoms with Crippen LogP contribution in [0.3, 0.4) is 0 Å². The van der Waals surface area contributed by atoms with Crippen LogP contribution in [0.15, 0.2) is 52.9 Å². The van der Waals surface area contributed by atoms with E-state index in [1.165, 1.54) is 22.5 Å². The highest BCUT2D eigenvalue weighted by Gasteiger charge is 2.14. The molecule has 0 radical (unpaired) electrons. The molecule has 5 heteroatoms. The first kappa shape index (κ1) is 19.4. The lowest BCUT2D eigenvalue weighted by atomic mass is 10.0. The van der Waals surface area contributed by atoms with Crippen molar-refractivity contribution in [2.45, 2.75) is 34.2 Å². The van der Waals surface area contributed by atoms with Gasteiger partial charge in [0.05, 0.1) is 18.3 Å². The topological polar surface area (TPSA) is 44.1 Å². The van der Waals surface area contributed by atoms with Crippen LogP contribution in [0.1, 0.15) is 22.3 Å². The van der Waals surface area contributed by atoms with Crippen molar-refractivity contribution in [2.75, 3.05) is 6.61 Å². The zero-order chi connectivity index (χ0) is 20.5. The van der Waals surface area contributed by atoms with Gasteiger partial charge in [-0.05, 0) is 67.6 Å². The van der Waals surface area contributed by atoms with E-state index in [9.17, 15) is 4.79 Å². The number of aromatic nitrogens is 2. The maximum absolute atomic E-state index is 13.2. The number of hydrogen-bond acceptors (Lipinski definition) is 4. The Morgan fingerprint density at radius 1 is 1.00 bits per heavy atom. The maximum atomic E-state index is 13.2. The Hall–Kier alpha value is -2.92. The van der Waals surface area contributed by atoms with Crippen LogP contribution >= 0.6 is 11.3 Å². The summed E-state index contributed by atoms with van der Waals surface area (Å²) in [6.45, 7) is 9.15. The van der Waals surface area contributed by atoms with Gasteiger partial charge in [0, 0.05) is 10.9 Å². The standard InChI is InChI=1S/C24H24N2O2S/c1-15-9-16(2)11-20(10-15)28-8-7-26-14-25-23-22(24(26)27)21(13-29-23)19-6-5-17(3)18(4)12-19/h5-6,9-14H,7-8H2,1-4H3. The molecule has 2 aromatic carbocycles. The second kappa shape index (κ2) is 7.84. The Labute approximate surface area is 174 Å². The minimum absolute atomic E-state index is 0.0199. The Morgan fingerprint density at radius 3 is 2.48 bits per heavy atom. The molecule has 2 heterocycles. The molecule has 0 spiro atoms. The molecule has 0 fully saturated rings. The number of hydrogen-bond donors (Lipinski definition) is 0. The molecule has 0 atom stereocenters. The van der Waals surface area contributed by atoms with Crippen molar-refractivity contribution >= 4 is 21.6 Å². The van der Waals surface area contributed by atoms with E-state index < -0.39 is 0 Å². The van der Waals surface area contributed by atoms with Gasteiger partial charge >= 0.3 is 0 Å². The van der Waals surface area contributed by atoms with Crippen molar-refractivity contribution in [2.24, 2.45) is 0 Å². The van der Waals surface area contributed by atoms with E-state index >= 15 is 0 Å². The summed E-state index contributed by atoms with van der Waals surface area (Å²) in [5.41, 5.74) is 6.78. The van der Waals surface area contributed by atoms with Crippen LogP contribution in [-0.4, -0.2) is 16.2 Å². The molecule has 0 aliphatic carbocycles. The molecule has 0 amide bonds. The Balaban J connectivity index is 1.62. The predicted molar refractivity (Wildman–Crippen MR) is 120 cm³/mol. The second-order valence-electron chi connectivity index (χ2n) is 7.54. The number of nitrogens with zero attached hydrogens (tertiary/aromatic N) is 2. The highest BCUT2D eigenvalue weighted by molar-refractivity contribution is 7.17. The van der Waals surface area contributed by atoms with Crippen molar-refractivity contribution in [3.63, 3.8) is 0 Å². The van der Waals surface area contributed by atoms with E-state index in [0.717, 1.165) is 32.8 Å². The number of rotatable bonds is 5. The molecular weight excluding hydrogens is 380 g/mol. The van der Waals surface area contributed by atoms with Crippen molar-refractivity contribution < 1.29 is 4.74 Å². The number of ether oxygens (including phenoxy) is 1. The summed E-state index contributed by atoms with van der Waals surface area (Å²) in [5.74, 6) is 0.830. The first-order chi connectivity index (χ1) is 13.9. The van der Waals surface area contributed by atoms with Gasteiger partial charge in [-0.15, -0.1) is 11.3 Å². The minimum Gasteiger partial charge on any atom is -0.492 e. The fourth-order valence-electron chi connectivity index (χ4n) is 3.53. The summed E-state index contributed by atoms with van der Waals surface area (Å²) in [5, 5.41) is 2.71. The summed E-state index contributed by atoms with van der Waals surface area (Å²) in [4.78, 5) is 18.4. The Kier molecular flexibility index (Phi) is 5.24. The van der Waals surface area contributed by atoms with Gasteiger partial charge in [-0.1, -0.05) is 24.3 Å². The fraction of sp³-hybridized carbons (Fsp3) is 0.250. The van der Waals surface area contributed by atoms with Crippen LogP contribution in [0.25, 0.3) is 21.3 Å². The molecule has 0 unspecified atom stereocenters. The summed E-state index contributed by atoms with van der Waals surface area (Å²) < 4.78 is 7.52. The first-order valence-corrected chi connectivity index (χ1v) is 10.6. The van der Waals surface area contributed by atoms with E-state index in [1.807, 2.05) is 31.4 Å². The molecule has 148 valence electrons.